The zero-order valence-corrected chi connectivity index (χ0v) is 9.88. The van der Waals surface area contributed by atoms with Gasteiger partial charge in [-0.2, -0.15) is 11.3 Å². The van der Waals surface area contributed by atoms with Crippen LogP contribution in [0, 0.1) is 6.92 Å². The normalized spacial score (nSPS) is 18.4. The molecule has 1 atom stereocenters. The average Bonchev–Trinajstić information content (AvgIpc) is 2.82. The molecule has 0 saturated carbocycles. The summed E-state index contributed by atoms with van der Waals surface area (Å²) in [6.07, 6.45) is 0.139. The Kier molecular flexibility index (Phi) is 2.33. The molecule has 82 valence electrons. The maximum absolute atomic E-state index is 6.00. The number of rotatable bonds is 1. The highest BCUT2D eigenvalue weighted by molar-refractivity contribution is 7.07. The first kappa shape index (κ1) is 9.73. The number of anilines is 1. The van der Waals surface area contributed by atoms with Crippen molar-refractivity contribution in [2.45, 2.75) is 13.0 Å². The Labute approximate surface area is 98.9 Å². The van der Waals surface area contributed by atoms with Crippen LogP contribution in [0.3, 0.4) is 0 Å². The van der Waals surface area contributed by atoms with Crippen LogP contribution in [-0.4, -0.2) is 6.54 Å². The molecule has 3 rings (SSSR count). The zero-order valence-electron chi connectivity index (χ0n) is 9.07. The van der Waals surface area contributed by atoms with E-state index < -0.39 is 0 Å². The van der Waals surface area contributed by atoms with E-state index >= 15 is 0 Å². The van der Waals surface area contributed by atoms with Crippen molar-refractivity contribution >= 4 is 17.0 Å². The quantitative estimate of drug-likeness (QED) is 0.809. The van der Waals surface area contributed by atoms with Crippen molar-refractivity contribution in [2.75, 3.05) is 11.9 Å². The van der Waals surface area contributed by atoms with E-state index in [0.717, 1.165) is 18.0 Å². The second kappa shape index (κ2) is 3.83. The van der Waals surface area contributed by atoms with Gasteiger partial charge in [-0.1, -0.05) is 12.1 Å². The Balaban J connectivity index is 1.92. The minimum atomic E-state index is 0.139. The standard InChI is InChI=1S/C13H13NOS/c1-9-3-2-4-11-13(9)14-7-12(15-11)10-5-6-16-8-10/h2-6,8,12,14H,7H2,1H3. The second-order valence-corrected chi connectivity index (χ2v) is 4.77. The van der Waals surface area contributed by atoms with Gasteiger partial charge in [0.05, 0.1) is 12.2 Å². The third kappa shape index (κ3) is 1.57. The molecule has 2 aromatic rings. The highest BCUT2D eigenvalue weighted by Crippen LogP contribution is 2.36. The summed E-state index contributed by atoms with van der Waals surface area (Å²) in [5, 5.41) is 7.68. The van der Waals surface area contributed by atoms with Crippen molar-refractivity contribution in [3.63, 3.8) is 0 Å². The Morgan fingerprint density at radius 2 is 2.31 bits per heavy atom. The first-order chi connectivity index (χ1) is 7.84. The van der Waals surface area contributed by atoms with Gasteiger partial charge in [-0.25, -0.2) is 0 Å². The zero-order chi connectivity index (χ0) is 11.0. The Bertz CT molecular complexity index is 493. The van der Waals surface area contributed by atoms with Crippen LogP contribution in [0.5, 0.6) is 5.75 Å². The highest BCUT2D eigenvalue weighted by Gasteiger charge is 2.21. The Morgan fingerprint density at radius 1 is 1.38 bits per heavy atom. The van der Waals surface area contributed by atoms with Crippen LogP contribution in [0.4, 0.5) is 5.69 Å². The fraction of sp³-hybridized carbons (Fsp3) is 0.231. The molecule has 1 aliphatic heterocycles. The van der Waals surface area contributed by atoms with Crippen molar-refractivity contribution in [3.8, 4) is 5.75 Å². The van der Waals surface area contributed by atoms with Gasteiger partial charge in [0, 0.05) is 5.56 Å². The molecule has 1 N–H and O–H groups in total. The van der Waals surface area contributed by atoms with Crippen LogP contribution in [-0.2, 0) is 0 Å². The summed E-state index contributed by atoms with van der Waals surface area (Å²) in [5.74, 6) is 0.961. The number of ether oxygens (including phenoxy) is 1. The van der Waals surface area contributed by atoms with Gasteiger partial charge in [0.15, 0.2) is 0 Å². The van der Waals surface area contributed by atoms with E-state index in [0.29, 0.717) is 0 Å². The molecule has 1 unspecified atom stereocenters. The van der Waals surface area contributed by atoms with Gasteiger partial charge in [0.2, 0.25) is 0 Å². The van der Waals surface area contributed by atoms with E-state index in [1.54, 1.807) is 11.3 Å². The summed E-state index contributed by atoms with van der Waals surface area (Å²) < 4.78 is 6.00. The number of para-hydroxylation sites is 1. The van der Waals surface area contributed by atoms with Crippen molar-refractivity contribution in [1.82, 2.24) is 0 Å². The smallest absolute Gasteiger partial charge is 0.143 e. The summed E-state index contributed by atoms with van der Waals surface area (Å²) >= 11 is 1.71. The third-order valence-corrected chi connectivity index (χ3v) is 3.58. The molecule has 0 saturated heterocycles. The van der Waals surface area contributed by atoms with Crippen LogP contribution >= 0.6 is 11.3 Å². The van der Waals surface area contributed by atoms with Gasteiger partial charge in [0.1, 0.15) is 11.9 Å². The SMILES string of the molecule is Cc1cccc2c1NCC(c1ccsc1)O2. The van der Waals surface area contributed by atoms with Gasteiger partial charge < -0.3 is 10.1 Å². The number of nitrogens with one attached hydrogen (secondary N) is 1. The van der Waals surface area contributed by atoms with Crippen molar-refractivity contribution < 1.29 is 4.74 Å². The van der Waals surface area contributed by atoms with E-state index in [-0.39, 0.29) is 6.10 Å². The number of hydrogen-bond acceptors (Lipinski definition) is 3. The van der Waals surface area contributed by atoms with Crippen LogP contribution in [0.25, 0.3) is 0 Å². The first-order valence-electron chi connectivity index (χ1n) is 5.37. The summed E-state index contributed by atoms with van der Waals surface area (Å²) in [5.41, 5.74) is 3.62. The molecule has 2 nitrogen and oxygen atoms in total. The van der Waals surface area contributed by atoms with Crippen molar-refractivity contribution in [3.05, 3.63) is 46.2 Å². The Morgan fingerprint density at radius 3 is 3.12 bits per heavy atom. The molecule has 0 aliphatic carbocycles. The predicted molar refractivity (Wildman–Crippen MR) is 67.4 cm³/mol. The van der Waals surface area contributed by atoms with E-state index in [4.69, 9.17) is 4.74 Å². The molecule has 16 heavy (non-hydrogen) atoms. The fourth-order valence-corrected chi connectivity index (χ4v) is 2.70. The highest BCUT2D eigenvalue weighted by atomic mass is 32.1. The third-order valence-electron chi connectivity index (χ3n) is 2.88. The topological polar surface area (TPSA) is 21.3 Å². The van der Waals surface area contributed by atoms with E-state index in [2.05, 4.69) is 35.1 Å². The molecule has 0 amide bonds. The van der Waals surface area contributed by atoms with Crippen molar-refractivity contribution in [2.24, 2.45) is 0 Å². The van der Waals surface area contributed by atoms with Crippen LogP contribution in [0.1, 0.15) is 17.2 Å². The van der Waals surface area contributed by atoms with Crippen LogP contribution in [0.15, 0.2) is 35.0 Å². The molecule has 3 heteroatoms. The molecule has 1 aromatic carbocycles. The summed E-state index contributed by atoms with van der Waals surface area (Å²) in [4.78, 5) is 0. The van der Waals surface area contributed by atoms with Crippen LogP contribution in [0.2, 0.25) is 0 Å². The summed E-state index contributed by atoms with van der Waals surface area (Å²) in [6.45, 7) is 2.94. The number of fused-ring (bicyclic) bond motifs is 1. The average molecular weight is 231 g/mol. The number of aryl methyl sites for hydroxylation is 1. The summed E-state index contributed by atoms with van der Waals surface area (Å²) in [6, 6.07) is 8.28. The van der Waals surface area contributed by atoms with Gasteiger partial charge in [-0.15, -0.1) is 0 Å². The number of hydrogen-bond donors (Lipinski definition) is 1. The van der Waals surface area contributed by atoms with E-state index in [1.807, 2.05) is 12.1 Å². The lowest BCUT2D eigenvalue weighted by molar-refractivity contribution is 0.211. The minimum absolute atomic E-state index is 0.139. The van der Waals surface area contributed by atoms with E-state index in [9.17, 15) is 0 Å². The molecule has 0 spiro atoms. The monoisotopic (exact) mass is 231 g/mol. The maximum atomic E-state index is 6.00. The molecule has 0 bridgehead atoms. The second-order valence-electron chi connectivity index (χ2n) is 3.99. The van der Waals surface area contributed by atoms with Crippen molar-refractivity contribution in [1.29, 1.82) is 0 Å². The molecule has 2 heterocycles. The first-order valence-corrected chi connectivity index (χ1v) is 6.31. The Hall–Kier alpha value is -1.48. The largest absolute Gasteiger partial charge is 0.482 e. The predicted octanol–water partition coefficient (Wildman–Crippen LogP) is 3.60. The van der Waals surface area contributed by atoms with Crippen LogP contribution < -0.4 is 10.1 Å². The number of thiophene rings is 1. The van der Waals surface area contributed by atoms with Gasteiger partial charge in [-0.05, 0) is 35.4 Å². The number of benzene rings is 1. The molecular weight excluding hydrogens is 218 g/mol. The fourth-order valence-electron chi connectivity index (χ4n) is 2.00. The van der Waals surface area contributed by atoms with Gasteiger partial charge >= 0.3 is 0 Å². The minimum Gasteiger partial charge on any atom is -0.482 e. The molecular formula is C13H13NOS. The molecule has 0 radical (unpaired) electrons. The summed E-state index contributed by atoms with van der Waals surface area (Å²) in [7, 11) is 0. The molecule has 1 aliphatic rings. The van der Waals surface area contributed by atoms with Gasteiger partial charge in [0.25, 0.3) is 0 Å². The molecule has 0 fully saturated rings. The van der Waals surface area contributed by atoms with E-state index in [1.165, 1.54) is 11.1 Å². The molecule has 1 aromatic heterocycles. The lowest BCUT2D eigenvalue weighted by Crippen LogP contribution is -2.23. The maximum Gasteiger partial charge on any atom is 0.143 e. The van der Waals surface area contributed by atoms with Gasteiger partial charge in [-0.3, -0.25) is 0 Å². The lowest BCUT2D eigenvalue weighted by atomic mass is 10.1. The lowest BCUT2D eigenvalue weighted by Gasteiger charge is -2.28.